The van der Waals surface area contributed by atoms with Gasteiger partial charge in [-0.2, -0.15) is 0 Å². The van der Waals surface area contributed by atoms with E-state index in [0.717, 1.165) is 44.7 Å². The van der Waals surface area contributed by atoms with Crippen LogP contribution in [0.4, 0.5) is 5.95 Å². The molecule has 3 aliphatic rings. The summed E-state index contributed by atoms with van der Waals surface area (Å²) < 4.78 is 5.81. The predicted octanol–water partition coefficient (Wildman–Crippen LogP) is 2.22. The molecule has 0 aromatic carbocycles. The SMILES string of the molecule is O=C(c1cnc(N2CCCC2)nc1)C1CC2CCC(C1)O2. The minimum absolute atomic E-state index is 0.0949. The van der Waals surface area contributed by atoms with Gasteiger partial charge >= 0.3 is 0 Å². The Kier molecular flexibility index (Phi) is 3.37. The molecule has 1 aromatic heterocycles. The number of hydrogen-bond donors (Lipinski definition) is 0. The Balaban J connectivity index is 1.46. The van der Waals surface area contributed by atoms with Crippen molar-refractivity contribution in [2.75, 3.05) is 18.0 Å². The third-order valence-electron chi connectivity index (χ3n) is 4.97. The number of hydrogen-bond acceptors (Lipinski definition) is 5. The molecule has 2 unspecified atom stereocenters. The van der Waals surface area contributed by atoms with E-state index in [1.807, 2.05) is 0 Å². The number of Topliss-reactive ketones (excluding diaryl/α,β-unsaturated/α-hetero) is 1. The second-order valence-electron chi connectivity index (χ2n) is 6.46. The minimum Gasteiger partial charge on any atom is -0.375 e. The van der Waals surface area contributed by atoms with Crippen molar-refractivity contribution in [3.8, 4) is 0 Å². The molecule has 4 heterocycles. The van der Waals surface area contributed by atoms with E-state index in [0.29, 0.717) is 17.8 Å². The molecule has 0 radical (unpaired) electrons. The fourth-order valence-corrected chi connectivity index (χ4v) is 3.84. The fourth-order valence-electron chi connectivity index (χ4n) is 3.84. The van der Waals surface area contributed by atoms with Crippen molar-refractivity contribution in [2.45, 2.75) is 50.7 Å². The van der Waals surface area contributed by atoms with E-state index in [2.05, 4.69) is 14.9 Å². The minimum atomic E-state index is 0.0949. The topological polar surface area (TPSA) is 55.3 Å². The van der Waals surface area contributed by atoms with E-state index in [1.54, 1.807) is 12.4 Å². The zero-order chi connectivity index (χ0) is 14.2. The third kappa shape index (κ3) is 2.55. The van der Waals surface area contributed by atoms with Crippen molar-refractivity contribution in [1.82, 2.24) is 9.97 Å². The molecule has 1 aromatic rings. The molecule has 2 atom stereocenters. The van der Waals surface area contributed by atoms with Crippen LogP contribution in [0, 0.1) is 5.92 Å². The van der Waals surface area contributed by atoms with Gasteiger partial charge in [0.05, 0.1) is 17.8 Å². The maximum Gasteiger partial charge on any atom is 0.225 e. The quantitative estimate of drug-likeness (QED) is 0.798. The van der Waals surface area contributed by atoms with Crippen molar-refractivity contribution < 1.29 is 9.53 Å². The van der Waals surface area contributed by atoms with Gasteiger partial charge in [0, 0.05) is 31.4 Å². The maximum absolute atomic E-state index is 12.6. The molecule has 4 rings (SSSR count). The van der Waals surface area contributed by atoms with Gasteiger partial charge in [-0.1, -0.05) is 0 Å². The van der Waals surface area contributed by atoms with Crippen LogP contribution in [0.15, 0.2) is 12.4 Å². The Labute approximate surface area is 124 Å². The van der Waals surface area contributed by atoms with Gasteiger partial charge in [-0.05, 0) is 38.5 Å². The van der Waals surface area contributed by atoms with E-state index in [4.69, 9.17) is 4.74 Å². The van der Waals surface area contributed by atoms with Gasteiger partial charge in [0.15, 0.2) is 5.78 Å². The molecule has 0 amide bonds. The molecular weight excluding hydrogens is 266 g/mol. The largest absolute Gasteiger partial charge is 0.375 e. The zero-order valence-electron chi connectivity index (χ0n) is 12.2. The molecular formula is C16H21N3O2. The highest BCUT2D eigenvalue weighted by atomic mass is 16.5. The van der Waals surface area contributed by atoms with Crippen LogP contribution in [0.2, 0.25) is 0 Å². The first kappa shape index (κ1) is 13.2. The normalized spacial score (nSPS) is 31.6. The lowest BCUT2D eigenvalue weighted by Gasteiger charge is -2.27. The van der Waals surface area contributed by atoms with Gasteiger partial charge in [0.2, 0.25) is 5.95 Å². The first-order chi connectivity index (χ1) is 10.3. The summed E-state index contributed by atoms with van der Waals surface area (Å²) in [7, 11) is 0. The average Bonchev–Trinajstić information content (AvgIpc) is 3.17. The molecule has 0 N–H and O–H groups in total. The summed E-state index contributed by atoms with van der Waals surface area (Å²) in [6, 6.07) is 0. The summed E-state index contributed by atoms with van der Waals surface area (Å²) in [5, 5.41) is 0. The number of carbonyl (C=O) groups excluding carboxylic acids is 1. The van der Waals surface area contributed by atoms with E-state index in [1.165, 1.54) is 12.8 Å². The van der Waals surface area contributed by atoms with Crippen LogP contribution in [0.1, 0.15) is 48.9 Å². The van der Waals surface area contributed by atoms with Gasteiger partial charge < -0.3 is 9.64 Å². The van der Waals surface area contributed by atoms with Crippen molar-refractivity contribution in [3.63, 3.8) is 0 Å². The molecule has 3 saturated heterocycles. The van der Waals surface area contributed by atoms with E-state index in [9.17, 15) is 4.79 Å². The van der Waals surface area contributed by atoms with E-state index < -0.39 is 0 Å². The summed E-state index contributed by atoms with van der Waals surface area (Å²) in [6.45, 7) is 2.05. The molecule has 21 heavy (non-hydrogen) atoms. The van der Waals surface area contributed by atoms with Crippen LogP contribution in [-0.2, 0) is 4.74 Å². The molecule has 0 saturated carbocycles. The van der Waals surface area contributed by atoms with Crippen LogP contribution in [0.25, 0.3) is 0 Å². The summed E-state index contributed by atoms with van der Waals surface area (Å²) in [5.41, 5.74) is 0.657. The van der Waals surface area contributed by atoms with E-state index in [-0.39, 0.29) is 11.7 Å². The molecule has 5 heteroatoms. The monoisotopic (exact) mass is 287 g/mol. The Morgan fingerprint density at radius 2 is 1.71 bits per heavy atom. The Morgan fingerprint density at radius 3 is 2.33 bits per heavy atom. The van der Waals surface area contributed by atoms with Crippen molar-refractivity contribution >= 4 is 11.7 Å². The van der Waals surface area contributed by atoms with Crippen LogP contribution < -0.4 is 4.90 Å². The highest BCUT2D eigenvalue weighted by Crippen LogP contribution is 2.37. The number of fused-ring (bicyclic) bond motifs is 2. The molecule has 3 fully saturated rings. The van der Waals surface area contributed by atoms with E-state index >= 15 is 0 Å². The number of rotatable bonds is 3. The van der Waals surface area contributed by atoms with Gasteiger partial charge in [-0.15, -0.1) is 0 Å². The van der Waals surface area contributed by atoms with Gasteiger partial charge in [0.25, 0.3) is 0 Å². The third-order valence-corrected chi connectivity index (χ3v) is 4.97. The van der Waals surface area contributed by atoms with Crippen molar-refractivity contribution in [3.05, 3.63) is 18.0 Å². The van der Waals surface area contributed by atoms with Gasteiger partial charge in [0.1, 0.15) is 0 Å². The molecule has 112 valence electrons. The Morgan fingerprint density at radius 1 is 1.10 bits per heavy atom. The summed E-state index contributed by atoms with van der Waals surface area (Å²) in [4.78, 5) is 23.6. The van der Waals surface area contributed by atoms with Crippen LogP contribution in [-0.4, -0.2) is 41.0 Å². The van der Waals surface area contributed by atoms with Crippen LogP contribution in [0.5, 0.6) is 0 Å². The molecule has 0 aliphatic carbocycles. The first-order valence-corrected chi connectivity index (χ1v) is 8.06. The Hall–Kier alpha value is -1.49. The zero-order valence-corrected chi connectivity index (χ0v) is 12.2. The average molecular weight is 287 g/mol. The number of ether oxygens (including phenoxy) is 1. The summed E-state index contributed by atoms with van der Waals surface area (Å²) in [6.07, 6.45) is 10.4. The first-order valence-electron chi connectivity index (χ1n) is 8.06. The maximum atomic E-state index is 12.6. The fraction of sp³-hybridized carbons (Fsp3) is 0.688. The van der Waals surface area contributed by atoms with Crippen molar-refractivity contribution in [1.29, 1.82) is 0 Å². The van der Waals surface area contributed by atoms with Crippen LogP contribution >= 0.6 is 0 Å². The van der Waals surface area contributed by atoms with Crippen LogP contribution in [0.3, 0.4) is 0 Å². The summed E-state index contributed by atoms with van der Waals surface area (Å²) in [5.74, 6) is 1.05. The molecule has 0 spiro atoms. The lowest BCUT2D eigenvalue weighted by Crippen LogP contribution is -2.30. The molecule has 5 nitrogen and oxygen atoms in total. The van der Waals surface area contributed by atoms with Gasteiger partial charge in [-0.25, -0.2) is 9.97 Å². The smallest absolute Gasteiger partial charge is 0.225 e. The Bertz CT molecular complexity index is 513. The highest BCUT2D eigenvalue weighted by molar-refractivity contribution is 5.97. The lowest BCUT2D eigenvalue weighted by atomic mass is 9.89. The highest BCUT2D eigenvalue weighted by Gasteiger charge is 2.38. The predicted molar refractivity (Wildman–Crippen MR) is 78.4 cm³/mol. The second kappa shape index (κ2) is 5.37. The number of nitrogens with zero attached hydrogens (tertiary/aromatic N) is 3. The number of anilines is 1. The molecule has 2 bridgehead atoms. The van der Waals surface area contributed by atoms with Crippen molar-refractivity contribution in [2.24, 2.45) is 5.92 Å². The van der Waals surface area contributed by atoms with Gasteiger partial charge in [-0.3, -0.25) is 4.79 Å². The number of aromatic nitrogens is 2. The summed E-state index contributed by atoms with van der Waals surface area (Å²) >= 11 is 0. The second-order valence-corrected chi connectivity index (χ2v) is 6.46. The molecule has 3 aliphatic heterocycles. The standard InChI is InChI=1S/C16H21N3O2/c20-15(11-7-13-3-4-14(8-11)21-13)12-9-17-16(18-10-12)19-5-1-2-6-19/h9-11,13-14H,1-8H2. The lowest BCUT2D eigenvalue weighted by molar-refractivity contribution is -0.0149. The number of ketones is 1. The number of carbonyl (C=O) groups is 1.